The van der Waals surface area contributed by atoms with E-state index < -0.39 is 11.6 Å². The van der Waals surface area contributed by atoms with Crippen LogP contribution < -0.4 is 0 Å². The van der Waals surface area contributed by atoms with Crippen LogP contribution in [-0.4, -0.2) is 6.21 Å². The number of rotatable bonds is 4. The molecule has 0 unspecified atom stereocenters. The number of aliphatic imine (C=N–C) groups is 1. The maximum Gasteiger partial charge on any atom is 0.166 e. The third kappa shape index (κ3) is 3.09. The molecule has 0 bridgehead atoms. The Kier molecular flexibility index (Phi) is 4.76. The fourth-order valence-electron chi connectivity index (χ4n) is 1.47. The minimum atomic E-state index is -0.801. The van der Waals surface area contributed by atoms with Crippen LogP contribution in [0.5, 0.6) is 0 Å². The maximum absolute atomic E-state index is 13.7. The molecule has 0 aromatic heterocycles. The summed E-state index contributed by atoms with van der Waals surface area (Å²) in [6.45, 7) is 6.92. The molecule has 0 N–H and O–H groups in total. The molecule has 1 rings (SSSR count). The Morgan fingerprint density at radius 2 is 2.06 bits per heavy atom. The molecule has 0 aliphatic heterocycles. The van der Waals surface area contributed by atoms with Crippen molar-refractivity contribution in [3.63, 3.8) is 0 Å². The summed E-state index contributed by atoms with van der Waals surface area (Å²) in [4.78, 5) is 3.77. The normalized spacial score (nSPS) is 12.1. The van der Waals surface area contributed by atoms with Gasteiger partial charge in [0.2, 0.25) is 0 Å². The molecule has 17 heavy (non-hydrogen) atoms. The fourth-order valence-corrected chi connectivity index (χ4v) is 1.47. The van der Waals surface area contributed by atoms with Gasteiger partial charge in [0.15, 0.2) is 11.6 Å². The summed E-state index contributed by atoms with van der Waals surface area (Å²) in [5, 5.41) is 0. The average molecular weight is 235 g/mol. The molecule has 1 nitrogen and oxygen atoms in total. The largest absolute Gasteiger partial charge is 0.265 e. The molecule has 0 atom stereocenters. The lowest BCUT2D eigenvalue weighted by Crippen LogP contribution is -1.97. The van der Waals surface area contributed by atoms with Crippen LogP contribution in [0.25, 0.3) is 5.57 Å². The van der Waals surface area contributed by atoms with Crippen molar-refractivity contribution in [2.75, 3.05) is 0 Å². The van der Waals surface area contributed by atoms with Crippen molar-refractivity contribution in [1.29, 1.82) is 0 Å². The van der Waals surface area contributed by atoms with Crippen LogP contribution in [-0.2, 0) is 6.42 Å². The van der Waals surface area contributed by atoms with Gasteiger partial charge in [-0.25, -0.2) is 8.78 Å². The van der Waals surface area contributed by atoms with E-state index in [-0.39, 0.29) is 5.56 Å². The number of hydrogen-bond acceptors (Lipinski definition) is 1. The third-order valence-electron chi connectivity index (χ3n) is 2.48. The molecule has 90 valence electrons. The fraction of sp³-hybridized carbons (Fsp3) is 0.214. The van der Waals surface area contributed by atoms with Crippen LogP contribution >= 0.6 is 0 Å². The first-order valence-electron chi connectivity index (χ1n) is 5.40. The van der Waals surface area contributed by atoms with Gasteiger partial charge in [-0.1, -0.05) is 25.6 Å². The van der Waals surface area contributed by atoms with Gasteiger partial charge in [0, 0.05) is 18.0 Å². The van der Waals surface area contributed by atoms with Crippen molar-refractivity contribution in [3.05, 3.63) is 53.7 Å². The summed E-state index contributed by atoms with van der Waals surface area (Å²) in [5.74, 6) is -1.57. The highest BCUT2D eigenvalue weighted by Crippen LogP contribution is 2.22. The van der Waals surface area contributed by atoms with Gasteiger partial charge in [-0.05, 0) is 30.6 Å². The number of hydrogen-bond donors (Lipinski definition) is 0. The van der Waals surface area contributed by atoms with Gasteiger partial charge >= 0.3 is 0 Å². The molecular formula is C14H15F2N. The number of aryl methyl sites for hydroxylation is 1. The summed E-state index contributed by atoms with van der Waals surface area (Å²) in [6.07, 6.45) is 4.96. The Morgan fingerprint density at radius 1 is 1.35 bits per heavy atom. The Hall–Kier alpha value is -1.77. The van der Waals surface area contributed by atoms with E-state index in [2.05, 4.69) is 11.6 Å². The van der Waals surface area contributed by atoms with E-state index in [1.807, 2.05) is 0 Å². The quantitative estimate of drug-likeness (QED) is 0.695. The van der Waals surface area contributed by atoms with Crippen molar-refractivity contribution < 1.29 is 8.78 Å². The first-order valence-corrected chi connectivity index (χ1v) is 5.40. The van der Waals surface area contributed by atoms with Gasteiger partial charge in [0.05, 0.1) is 0 Å². The molecule has 0 saturated carbocycles. The van der Waals surface area contributed by atoms with Gasteiger partial charge in [-0.15, -0.1) is 0 Å². The molecule has 0 aliphatic carbocycles. The van der Waals surface area contributed by atoms with Crippen molar-refractivity contribution in [3.8, 4) is 0 Å². The van der Waals surface area contributed by atoms with Crippen LogP contribution in [0.3, 0.4) is 0 Å². The van der Waals surface area contributed by atoms with Crippen molar-refractivity contribution in [2.45, 2.75) is 20.3 Å². The molecule has 3 heteroatoms. The highest BCUT2D eigenvalue weighted by atomic mass is 19.2. The molecule has 0 radical (unpaired) electrons. The zero-order chi connectivity index (χ0) is 12.8. The Morgan fingerprint density at radius 3 is 2.65 bits per heavy atom. The van der Waals surface area contributed by atoms with E-state index in [0.717, 1.165) is 0 Å². The highest BCUT2D eigenvalue weighted by molar-refractivity contribution is 5.84. The van der Waals surface area contributed by atoms with E-state index in [4.69, 9.17) is 0 Å². The highest BCUT2D eigenvalue weighted by Gasteiger charge is 2.12. The second-order valence-corrected chi connectivity index (χ2v) is 3.58. The van der Waals surface area contributed by atoms with Gasteiger partial charge in [-0.3, -0.25) is 4.99 Å². The first kappa shape index (κ1) is 13.3. The van der Waals surface area contributed by atoms with Crippen LogP contribution in [0.15, 0.2) is 36.0 Å². The summed E-state index contributed by atoms with van der Waals surface area (Å²) in [5.41, 5.74) is 1.27. The number of nitrogens with zero attached hydrogens (tertiary/aromatic N) is 1. The molecular weight excluding hydrogens is 220 g/mol. The second kappa shape index (κ2) is 6.09. The second-order valence-electron chi connectivity index (χ2n) is 3.58. The third-order valence-corrected chi connectivity index (χ3v) is 2.48. The van der Waals surface area contributed by atoms with Crippen molar-refractivity contribution >= 4 is 11.8 Å². The van der Waals surface area contributed by atoms with E-state index in [9.17, 15) is 8.78 Å². The van der Waals surface area contributed by atoms with E-state index >= 15 is 0 Å². The minimum absolute atomic E-state index is 0.259. The Bertz CT molecular complexity index is 473. The lowest BCUT2D eigenvalue weighted by Gasteiger charge is -2.07. The zero-order valence-corrected chi connectivity index (χ0v) is 10.0. The minimum Gasteiger partial charge on any atom is -0.265 e. The molecule has 1 aromatic carbocycles. The van der Waals surface area contributed by atoms with E-state index in [1.165, 1.54) is 12.4 Å². The Balaban J connectivity index is 3.15. The van der Waals surface area contributed by atoms with Crippen molar-refractivity contribution in [2.24, 2.45) is 4.99 Å². The smallest absolute Gasteiger partial charge is 0.166 e. The molecule has 1 aromatic rings. The van der Waals surface area contributed by atoms with Crippen LogP contribution in [0.2, 0.25) is 0 Å². The Labute approximate surface area is 100 Å². The zero-order valence-electron chi connectivity index (χ0n) is 10.0. The maximum atomic E-state index is 13.7. The van der Waals surface area contributed by atoms with Crippen LogP contribution in [0, 0.1) is 11.6 Å². The van der Waals surface area contributed by atoms with Gasteiger partial charge in [0.1, 0.15) is 0 Å². The van der Waals surface area contributed by atoms with E-state index in [1.54, 1.807) is 32.1 Å². The van der Waals surface area contributed by atoms with Gasteiger partial charge in [-0.2, -0.15) is 0 Å². The SMILES string of the molecule is C=C/N=C\C=C(/C)c1ccc(CC)c(F)c1F. The van der Waals surface area contributed by atoms with Crippen LogP contribution in [0.4, 0.5) is 8.78 Å². The van der Waals surface area contributed by atoms with E-state index in [0.29, 0.717) is 17.6 Å². The number of benzene rings is 1. The van der Waals surface area contributed by atoms with Gasteiger partial charge < -0.3 is 0 Å². The summed E-state index contributed by atoms with van der Waals surface area (Å²) in [7, 11) is 0. The molecule has 0 heterocycles. The monoisotopic (exact) mass is 235 g/mol. The summed E-state index contributed by atoms with van der Waals surface area (Å²) < 4.78 is 27.3. The lowest BCUT2D eigenvalue weighted by atomic mass is 10.0. The molecule has 0 spiro atoms. The van der Waals surface area contributed by atoms with Gasteiger partial charge in [0.25, 0.3) is 0 Å². The average Bonchev–Trinajstić information content (AvgIpc) is 2.32. The predicted molar refractivity (Wildman–Crippen MR) is 68.1 cm³/mol. The topological polar surface area (TPSA) is 12.4 Å². The summed E-state index contributed by atoms with van der Waals surface area (Å²) in [6, 6.07) is 3.20. The first-order chi connectivity index (χ1) is 8.11. The molecule has 0 aliphatic rings. The summed E-state index contributed by atoms with van der Waals surface area (Å²) >= 11 is 0. The number of allylic oxidation sites excluding steroid dienone is 2. The van der Waals surface area contributed by atoms with Crippen molar-refractivity contribution in [1.82, 2.24) is 0 Å². The molecule has 0 amide bonds. The molecule has 0 saturated heterocycles. The molecule has 0 fully saturated rings. The lowest BCUT2D eigenvalue weighted by molar-refractivity contribution is 0.497. The predicted octanol–water partition coefficient (Wildman–Crippen LogP) is 4.14. The van der Waals surface area contributed by atoms with Crippen LogP contribution in [0.1, 0.15) is 25.0 Å². The standard InChI is InChI=1S/C14H15F2N/c1-4-11-6-7-12(14(16)13(11)15)10(3)8-9-17-5-2/h5-9H,2,4H2,1,3H3/b10-8+,17-9-. The number of halogens is 2.